The molecule has 7 nitrogen and oxygen atoms in total. The second-order valence-corrected chi connectivity index (χ2v) is 5.58. The standard InChI is InChI=1S/C18H20N2O5/c1-5-15-16(10(2)25-20-15)18(23)24-11(3)17(22)13-6-8-14(9-7-13)19-12(4)21/h6-9,11H,5H2,1-4H3,(H,19,21). The number of aryl methyl sites for hydroxylation is 2. The number of hydrogen-bond donors (Lipinski definition) is 1. The van der Waals surface area contributed by atoms with Gasteiger partial charge in [-0.2, -0.15) is 0 Å². The Balaban J connectivity index is 2.08. The lowest BCUT2D eigenvalue weighted by Gasteiger charge is -2.13. The van der Waals surface area contributed by atoms with Crippen molar-refractivity contribution in [2.45, 2.75) is 40.2 Å². The molecule has 0 saturated heterocycles. The lowest BCUT2D eigenvalue weighted by molar-refractivity contribution is -0.114. The highest BCUT2D eigenvalue weighted by atomic mass is 16.5. The molecule has 132 valence electrons. The van der Waals surface area contributed by atoms with Crippen LogP contribution in [0.1, 0.15) is 52.9 Å². The monoisotopic (exact) mass is 344 g/mol. The highest BCUT2D eigenvalue weighted by molar-refractivity contribution is 6.02. The number of anilines is 1. The van der Waals surface area contributed by atoms with Crippen molar-refractivity contribution in [2.24, 2.45) is 0 Å². The number of ether oxygens (including phenoxy) is 1. The minimum Gasteiger partial charge on any atom is -0.451 e. The molecule has 1 heterocycles. The van der Waals surface area contributed by atoms with E-state index in [9.17, 15) is 14.4 Å². The highest BCUT2D eigenvalue weighted by Gasteiger charge is 2.25. The Morgan fingerprint density at radius 3 is 2.44 bits per heavy atom. The number of carbonyl (C=O) groups excluding carboxylic acids is 3. The Labute approximate surface area is 145 Å². The number of ketones is 1. The zero-order valence-electron chi connectivity index (χ0n) is 14.6. The average molecular weight is 344 g/mol. The molecule has 0 aliphatic carbocycles. The van der Waals surface area contributed by atoms with E-state index in [2.05, 4.69) is 10.5 Å². The summed E-state index contributed by atoms with van der Waals surface area (Å²) in [6.07, 6.45) is -0.438. The van der Waals surface area contributed by atoms with Gasteiger partial charge in [-0.05, 0) is 44.5 Å². The highest BCUT2D eigenvalue weighted by Crippen LogP contribution is 2.18. The molecule has 0 fully saturated rings. The topological polar surface area (TPSA) is 98.5 Å². The number of aromatic nitrogens is 1. The van der Waals surface area contributed by atoms with Crippen LogP contribution in [0.3, 0.4) is 0 Å². The lowest BCUT2D eigenvalue weighted by atomic mass is 10.1. The maximum Gasteiger partial charge on any atom is 0.344 e. The van der Waals surface area contributed by atoms with Gasteiger partial charge in [-0.3, -0.25) is 9.59 Å². The third-order valence-electron chi connectivity index (χ3n) is 3.62. The van der Waals surface area contributed by atoms with Gasteiger partial charge in [-0.25, -0.2) is 4.79 Å². The third kappa shape index (κ3) is 4.32. The number of esters is 1. The minimum absolute atomic E-state index is 0.197. The van der Waals surface area contributed by atoms with Crippen molar-refractivity contribution in [1.82, 2.24) is 5.16 Å². The Kier molecular flexibility index (Phi) is 5.69. The van der Waals surface area contributed by atoms with Gasteiger partial charge >= 0.3 is 5.97 Å². The number of rotatable bonds is 6. The molecule has 2 rings (SSSR count). The van der Waals surface area contributed by atoms with Gasteiger partial charge in [0.2, 0.25) is 11.7 Å². The molecule has 0 spiro atoms. The summed E-state index contributed by atoms with van der Waals surface area (Å²) >= 11 is 0. The molecule has 1 N–H and O–H groups in total. The summed E-state index contributed by atoms with van der Waals surface area (Å²) in [6.45, 7) is 6.38. The smallest absolute Gasteiger partial charge is 0.344 e. The molecular formula is C18H20N2O5. The fourth-order valence-electron chi connectivity index (χ4n) is 2.35. The van der Waals surface area contributed by atoms with Gasteiger partial charge in [-0.15, -0.1) is 0 Å². The van der Waals surface area contributed by atoms with Gasteiger partial charge in [0, 0.05) is 18.2 Å². The van der Waals surface area contributed by atoms with E-state index in [1.807, 2.05) is 6.92 Å². The van der Waals surface area contributed by atoms with Crippen molar-refractivity contribution in [2.75, 3.05) is 5.32 Å². The van der Waals surface area contributed by atoms with Crippen LogP contribution in [0.15, 0.2) is 28.8 Å². The van der Waals surface area contributed by atoms with Crippen LogP contribution in [0, 0.1) is 6.92 Å². The number of hydrogen-bond acceptors (Lipinski definition) is 6. The second-order valence-electron chi connectivity index (χ2n) is 5.58. The zero-order chi connectivity index (χ0) is 18.6. The maximum absolute atomic E-state index is 12.4. The summed E-state index contributed by atoms with van der Waals surface area (Å²) in [5, 5.41) is 6.42. The van der Waals surface area contributed by atoms with Crippen LogP contribution in [0.25, 0.3) is 0 Å². The first-order chi connectivity index (χ1) is 11.8. The average Bonchev–Trinajstić information content (AvgIpc) is 2.95. The zero-order valence-corrected chi connectivity index (χ0v) is 14.6. The number of nitrogens with one attached hydrogen (secondary N) is 1. The van der Waals surface area contributed by atoms with Crippen LogP contribution in [-0.4, -0.2) is 28.9 Å². The summed E-state index contributed by atoms with van der Waals surface area (Å²) in [7, 11) is 0. The number of Topliss-reactive ketones (excluding diaryl/α,β-unsaturated/α-hetero) is 1. The third-order valence-corrected chi connectivity index (χ3v) is 3.62. The van der Waals surface area contributed by atoms with E-state index >= 15 is 0 Å². The van der Waals surface area contributed by atoms with E-state index in [0.717, 1.165) is 0 Å². The SMILES string of the molecule is CCc1noc(C)c1C(=O)OC(C)C(=O)c1ccc(NC(C)=O)cc1. The first kappa shape index (κ1) is 18.4. The Morgan fingerprint density at radius 2 is 1.88 bits per heavy atom. The molecule has 0 aliphatic heterocycles. The van der Waals surface area contributed by atoms with E-state index in [4.69, 9.17) is 9.26 Å². The Bertz CT molecular complexity index is 792. The van der Waals surface area contributed by atoms with Crippen LogP contribution >= 0.6 is 0 Å². The number of carbonyl (C=O) groups is 3. The van der Waals surface area contributed by atoms with E-state index in [1.165, 1.54) is 13.8 Å². The van der Waals surface area contributed by atoms with Crippen molar-refractivity contribution in [3.8, 4) is 0 Å². The predicted octanol–water partition coefficient (Wildman–Crippen LogP) is 2.93. The molecule has 0 bridgehead atoms. The molecule has 1 aromatic carbocycles. The second kappa shape index (κ2) is 7.74. The Hall–Kier alpha value is -2.96. The number of benzene rings is 1. The molecule has 1 atom stereocenters. The van der Waals surface area contributed by atoms with Gasteiger partial charge in [0.25, 0.3) is 0 Å². The van der Waals surface area contributed by atoms with Crippen molar-refractivity contribution in [1.29, 1.82) is 0 Å². The molecule has 25 heavy (non-hydrogen) atoms. The largest absolute Gasteiger partial charge is 0.451 e. The normalized spacial score (nSPS) is 11.7. The summed E-state index contributed by atoms with van der Waals surface area (Å²) < 4.78 is 10.3. The first-order valence-corrected chi connectivity index (χ1v) is 7.91. The van der Waals surface area contributed by atoms with E-state index in [0.29, 0.717) is 29.1 Å². The summed E-state index contributed by atoms with van der Waals surface area (Å²) in [5.41, 5.74) is 1.73. The molecule has 1 unspecified atom stereocenters. The van der Waals surface area contributed by atoms with Gasteiger partial charge in [0.05, 0.1) is 5.69 Å². The fraction of sp³-hybridized carbons (Fsp3) is 0.333. The van der Waals surface area contributed by atoms with Gasteiger partial charge in [0.1, 0.15) is 11.3 Å². The van der Waals surface area contributed by atoms with Crippen molar-refractivity contribution >= 4 is 23.3 Å². The van der Waals surface area contributed by atoms with Crippen LogP contribution < -0.4 is 5.32 Å². The quantitative estimate of drug-likeness (QED) is 0.639. The fourth-order valence-corrected chi connectivity index (χ4v) is 2.35. The summed E-state index contributed by atoms with van der Waals surface area (Å²) in [4.78, 5) is 35.7. The van der Waals surface area contributed by atoms with Crippen LogP contribution in [0.4, 0.5) is 5.69 Å². The molecule has 1 aromatic heterocycles. The van der Waals surface area contributed by atoms with Gasteiger partial charge in [-0.1, -0.05) is 12.1 Å². The first-order valence-electron chi connectivity index (χ1n) is 7.91. The molecule has 1 amide bonds. The lowest BCUT2D eigenvalue weighted by Crippen LogP contribution is -2.25. The van der Waals surface area contributed by atoms with Gasteiger partial charge in [0.15, 0.2) is 6.10 Å². The Morgan fingerprint density at radius 1 is 1.24 bits per heavy atom. The minimum atomic E-state index is -0.960. The predicted molar refractivity (Wildman–Crippen MR) is 90.6 cm³/mol. The van der Waals surface area contributed by atoms with Crippen molar-refractivity contribution < 1.29 is 23.6 Å². The number of nitrogens with zero attached hydrogens (tertiary/aromatic N) is 1. The van der Waals surface area contributed by atoms with Crippen molar-refractivity contribution in [3.63, 3.8) is 0 Å². The van der Waals surface area contributed by atoms with E-state index in [-0.39, 0.29) is 17.3 Å². The van der Waals surface area contributed by atoms with Gasteiger partial charge < -0.3 is 14.6 Å². The van der Waals surface area contributed by atoms with Crippen LogP contribution in [0.2, 0.25) is 0 Å². The number of amides is 1. The van der Waals surface area contributed by atoms with Crippen LogP contribution in [0.5, 0.6) is 0 Å². The molecule has 7 heteroatoms. The van der Waals surface area contributed by atoms with Crippen LogP contribution in [-0.2, 0) is 16.0 Å². The maximum atomic E-state index is 12.4. The summed E-state index contributed by atoms with van der Waals surface area (Å²) in [5.74, 6) is -0.806. The molecule has 0 saturated carbocycles. The van der Waals surface area contributed by atoms with E-state index < -0.39 is 12.1 Å². The van der Waals surface area contributed by atoms with E-state index in [1.54, 1.807) is 31.2 Å². The molecule has 2 aromatic rings. The summed E-state index contributed by atoms with van der Waals surface area (Å²) in [6, 6.07) is 6.37. The van der Waals surface area contributed by atoms with Crippen molar-refractivity contribution in [3.05, 3.63) is 46.8 Å². The molecule has 0 aliphatic rings. The molecular weight excluding hydrogens is 324 g/mol. The molecule has 0 radical (unpaired) electrons.